The molecule has 1 heterocycles. The second kappa shape index (κ2) is 1.54. The molecule has 0 aliphatic carbocycles. The minimum Gasteiger partial charge on any atom is -0.510 e. The maximum atomic E-state index is 8.75. The summed E-state index contributed by atoms with van der Waals surface area (Å²) in [4.78, 5) is 0. The molecule has 1 aliphatic heterocycles. The van der Waals surface area contributed by atoms with E-state index in [-0.39, 0.29) is 0 Å². The van der Waals surface area contributed by atoms with Crippen LogP contribution in [-0.2, 0) is 4.74 Å². The van der Waals surface area contributed by atoms with Gasteiger partial charge in [-0.3, -0.25) is 0 Å². The van der Waals surface area contributed by atoms with Crippen LogP contribution in [0.25, 0.3) is 0 Å². The standard InChI is InChI=1S/C5H8O2/c1-4-2-7-3-5(4)6/h6H,2-3H2,1H3. The zero-order valence-corrected chi connectivity index (χ0v) is 4.27. The van der Waals surface area contributed by atoms with E-state index in [4.69, 9.17) is 9.84 Å². The summed E-state index contributed by atoms with van der Waals surface area (Å²) in [6, 6.07) is 0. The molecule has 0 unspecified atom stereocenters. The Labute approximate surface area is 42.4 Å². The highest BCUT2D eigenvalue weighted by atomic mass is 16.5. The van der Waals surface area contributed by atoms with Gasteiger partial charge in [-0.2, -0.15) is 0 Å². The fourth-order valence-electron chi connectivity index (χ4n) is 0.507. The summed E-state index contributed by atoms with van der Waals surface area (Å²) < 4.78 is 4.84. The first kappa shape index (κ1) is 4.65. The summed E-state index contributed by atoms with van der Waals surface area (Å²) in [5, 5.41) is 8.75. The fourth-order valence-corrected chi connectivity index (χ4v) is 0.507. The molecular formula is C5H8O2. The van der Waals surface area contributed by atoms with Crippen molar-refractivity contribution in [2.75, 3.05) is 13.2 Å². The molecule has 40 valence electrons. The quantitative estimate of drug-likeness (QED) is 0.489. The lowest BCUT2D eigenvalue weighted by Crippen LogP contribution is -1.83. The number of hydrogen-bond acceptors (Lipinski definition) is 2. The molecule has 1 rings (SSSR count). The summed E-state index contributed by atoms with van der Waals surface area (Å²) in [7, 11) is 0. The van der Waals surface area contributed by atoms with E-state index in [1.807, 2.05) is 6.92 Å². The number of rotatable bonds is 0. The molecule has 1 aliphatic rings. The van der Waals surface area contributed by atoms with Crippen LogP contribution in [0.2, 0.25) is 0 Å². The minimum atomic E-state index is 0.403. The molecule has 0 spiro atoms. The topological polar surface area (TPSA) is 29.5 Å². The van der Waals surface area contributed by atoms with E-state index in [2.05, 4.69) is 0 Å². The van der Waals surface area contributed by atoms with Crippen LogP contribution >= 0.6 is 0 Å². The van der Waals surface area contributed by atoms with Gasteiger partial charge in [0.2, 0.25) is 0 Å². The van der Waals surface area contributed by atoms with Gasteiger partial charge in [-0.1, -0.05) is 0 Å². The first-order chi connectivity index (χ1) is 3.30. The van der Waals surface area contributed by atoms with Crippen molar-refractivity contribution in [2.24, 2.45) is 0 Å². The number of aliphatic hydroxyl groups is 1. The molecule has 1 N–H and O–H groups in total. The zero-order chi connectivity index (χ0) is 5.28. The predicted octanol–water partition coefficient (Wildman–Crippen LogP) is 0.849. The van der Waals surface area contributed by atoms with Crippen molar-refractivity contribution in [1.29, 1.82) is 0 Å². The van der Waals surface area contributed by atoms with Crippen molar-refractivity contribution in [3.63, 3.8) is 0 Å². The van der Waals surface area contributed by atoms with Crippen molar-refractivity contribution in [2.45, 2.75) is 6.92 Å². The second-order valence-electron chi connectivity index (χ2n) is 1.72. The molecule has 0 atom stereocenters. The molecule has 2 nitrogen and oxygen atoms in total. The summed E-state index contributed by atoms with van der Waals surface area (Å²) in [6.45, 7) is 2.88. The maximum absolute atomic E-state index is 8.75. The van der Waals surface area contributed by atoms with Crippen LogP contribution in [-0.4, -0.2) is 18.3 Å². The Kier molecular flexibility index (Phi) is 1.02. The summed E-state index contributed by atoms with van der Waals surface area (Å²) in [6.07, 6.45) is 0. The van der Waals surface area contributed by atoms with Gasteiger partial charge in [-0.05, 0) is 12.5 Å². The van der Waals surface area contributed by atoms with Crippen LogP contribution in [0.4, 0.5) is 0 Å². The van der Waals surface area contributed by atoms with Gasteiger partial charge in [0.25, 0.3) is 0 Å². The second-order valence-corrected chi connectivity index (χ2v) is 1.72. The van der Waals surface area contributed by atoms with Crippen molar-refractivity contribution in [3.8, 4) is 0 Å². The van der Waals surface area contributed by atoms with Gasteiger partial charge in [-0.15, -0.1) is 0 Å². The molecule has 0 amide bonds. The van der Waals surface area contributed by atoms with Crippen LogP contribution < -0.4 is 0 Å². The van der Waals surface area contributed by atoms with E-state index in [0.717, 1.165) is 5.57 Å². The van der Waals surface area contributed by atoms with Gasteiger partial charge in [0.1, 0.15) is 12.4 Å². The monoisotopic (exact) mass is 100 g/mol. The Morgan fingerprint density at radius 2 is 2.29 bits per heavy atom. The first-order valence-corrected chi connectivity index (χ1v) is 2.26. The van der Waals surface area contributed by atoms with Crippen molar-refractivity contribution in [1.82, 2.24) is 0 Å². The van der Waals surface area contributed by atoms with Gasteiger partial charge in [0.05, 0.1) is 6.61 Å². The van der Waals surface area contributed by atoms with E-state index < -0.39 is 0 Å². The van der Waals surface area contributed by atoms with Crippen LogP contribution in [0, 0.1) is 0 Å². The third kappa shape index (κ3) is 0.747. The highest BCUT2D eigenvalue weighted by Gasteiger charge is 2.07. The van der Waals surface area contributed by atoms with E-state index >= 15 is 0 Å². The van der Waals surface area contributed by atoms with Gasteiger partial charge < -0.3 is 9.84 Å². The molecule has 0 bridgehead atoms. The highest BCUT2D eigenvalue weighted by Crippen LogP contribution is 2.08. The molecule has 0 aromatic carbocycles. The van der Waals surface area contributed by atoms with E-state index in [9.17, 15) is 0 Å². The molecule has 2 heteroatoms. The Hall–Kier alpha value is -0.500. The van der Waals surface area contributed by atoms with Crippen LogP contribution in [0.3, 0.4) is 0 Å². The number of ether oxygens (including phenoxy) is 1. The third-order valence-corrected chi connectivity index (χ3v) is 1.05. The van der Waals surface area contributed by atoms with Crippen molar-refractivity contribution in [3.05, 3.63) is 11.3 Å². The van der Waals surface area contributed by atoms with Gasteiger partial charge in [0.15, 0.2) is 0 Å². The number of aliphatic hydroxyl groups excluding tert-OH is 1. The van der Waals surface area contributed by atoms with Gasteiger partial charge >= 0.3 is 0 Å². The molecule has 0 radical (unpaired) electrons. The summed E-state index contributed by atoms with van der Waals surface area (Å²) in [5.74, 6) is 0.403. The van der Waals surface area contributed by atoms with Gasteiger partial charge in [-0.25, -0.2) is 0 Å². The van der Waals surface area contributed by atoms with Crippen molar-refractivity contribution < 1.29 is 9.84 Å². The Balaban J connectivity index is 2.64. The lowest BCUT2D eigenvalue weighted by atomic mass is 10.3. The molecule has 0 fully saturated rings. The van der Waals surface area contributed by atoms with Crippen LogP contribution in [0.1, 0.15) is 6.92 Å². The summed E-state index contributed by atoms with van der Waals surface area (Å²) in [5.41, 5.74) is 0.958. The van der Waals surface area contributed by atoms with Gasteiger partial charge in [0, 0.05) is 0 Å². The SMILES string of the molecule is CC1=C(O)COC1. The fraction of sp³-hybridized carbons (Fsp3) is 0.600. The molecule has 7 heavy (non-hydrogen) atoms. The van der Waals surface area contributed by atoms with Crippen LogP contribution in [0.5, 0.6) is 0 Å². The Morgan fingerprint density at radius 3 is 2.43 bits per heavy atom. The average molecular weight is 100 g/mol. The lowest BCUT2D eigenvalue weighted by molar-refractivity contribution is 0.182. The number of hydrogen-bond donors (Lipinski definition) is 1. The minimum absolute atomic E-state index is 0.403. The largest absolute Gasteiger partial charge is 0.510 e. The van der Waals surface area contributed by atoms with Crippen molar-refractivity contribution >= 4 is 0 Å². The first-order valence-electron chi connectivity index (χ1n) is 2.26. The Bertz CT molecular complexity index is 92.6. The zero-order valence-electron chi connectivity index (χ0n) is 4.27. The average Bonchev–Trinajstić information content (AvgIpc) is 1.91. The lowest BCUT2D eigenvalue weighted by Gasteiger charge is -1.83. The van der Waals surface area contributed by atoms with E-state index in [1.165, 1.54) is 0 Å². The summed E-state index contributed by atoms with van der Waals surface area (Å²) >= 11 is 0. The molecular weight excluding hydrogens is 92.1 g/mol. The predicted molar refractivity (Wildman–Crippen MR) is 26.1 cm³/mol. The normalized spacial score (nSPS) is 21.3. The maximum Gasteiger partial charge on any atom is 0.119 e. The highest BCUT2D eigenvalue weighted by molar-refractivity contribution is 5.08. The Morgan fingerprint density at radius 1 is 1.57 bits per heavy atom. The smallest absolute Gasteiger partial charge is 0.119 e. The molecule has 0 aromatic heterocycles. The third-order valence-electron chi connectivity index (χ3n) is 1.05. The van der Waals surface area contributed by atoms with E-state index in [1.54, 1.807) is 0 Å². The molecule has 0 saturated carbocycles. The van der Waals surface area contributed by atoms with Crippen LogP contribution in [0.15, 0.2) is 11.3 Å². The molecule has 0 aromatic rings. The van der Waals surface area contributed by atoms with E-state index in [0.29, 0.717) is 19.0 Å². The molecule has 0 saturated heterocycles.